The Bertz CT molecular complexity index is 895. The van der Waals surface area contributed by atoms with E-state index >= 15 is 0 Å². The molecule has 0 bridgehead atoms. The van der Waals surface area contributed by atoms with Crippen molar-refractivity contribution in [1.82, 2.24) is 9.80 Å². The molecule has 0 saturated carbocycles. The Balaban J connectivity index is 1.50. The van der Waals surface area contributed by atoms with Crippen LogP contribution in [0.3, 0.4) is 0 Å². The summed E-state index contributed by atoms with van der Waals surface area (Å²) < 4.78 is 5.81. The summed E-state index contributed by atoms with van der Waals surface area (Å²) in [5, 5.41) is 9.63. The third-order valence-electron chi connectivity index (χ3n) is 6.51. The number of nitrogens with zero attached hydrogens (tertiary/aromatic N) is 2. The molecular weight excluding hydrogens is 356 g/mol. The van der Waals surface area contributed by atoms with E-state index < -0.39 is 17.4 Å². The molecular formula is C22H26N2O4. The van der Waals surface area contributed by atoms with E-state index in [2.05, 4.69) is 17.0 Å². The van der Waals surface area contributed by atoms with Crippen LogP contribution in [0.5, 0.6) is 0 Å². The Labute approximate surface area is 164 Å². The van der Waals surface area contributed by atoms with Gasteiger partial charge in [-0.3, -0.25) is 14.5 Å². The van der Waals surface area contributed by atoms with E-state index in [1.54, 1.807) is 11.9 Å². The molecule has 0 radical (unpaired) electrons. The van der Waals surface area contributed by atoms with Crippen molar-refractivity contribution in [1.29, 1.82) is 0 Å². The second kappa shape index (κ2) is 7.09. The van der Waals surface area contributed by atoms with Crippen LogP contribution < -0.4 is 0 Å². The fourth-order valence-corrected chi connectivity index (χ4v) is 4.80. The normalized spacial score (nSPS) is 22.1. The van der Waals surface area contributed by atoms with Gasteiger partial charge in [-0.15, -0.1) is 0 Å². The number of carboxylic acids is 1. The number of aliphatic carboxylic acids is 1. The number of furan rings is 1. The van der Waals surface area contributed by atoms with Gasteiger partial charge in [-0.2, -0.15) is 0 Å². The van der Waals surface area contributed by atoms with E-state index in [9.17, 15) is 14.7 Å². The van der Waals surface area contributed by atoms with Crippen LogP contribution in [-0.4, -0.2) is 52.5 Å². The zero-order valence-corrected chi connectivity index (χ0v) is 16.4. The van der Waals surface area contributed by atoms with Crippen molar-refractivity contribution in [2.24, 2.45) is 5.92 Å². The number of rotatable bonds is 4. The van der Waals surface area contributed by atoms with Crippen LogP contribution in [0, 0.1) is 12.8 Å². The van der Waals surface area contributed by atoms with Crippen LogP contribution in [0.2, 0.25) is 0 Å². The van der Waals surface area contributed by atoms with Crippen LogP contribution >= 0.6 is 0 Å². The Morgan fingerprint density at radius 3 is 2.57 bits per heavy atom. The molecule has 148 valence electrons. The zero-order valence-electron chi connectivity index (χ0n) is 16.4. The molecule has 1 aromatic heterocycles. The quantitative estimate of drug-likeness (QED) is 0.879. The molecule has 1 aromatic carbocycles. The fourth-order valence-electron chi connectivity index (χ4n) is 4.80. The lowest BCUT2D eigenvalue weighted by molar-refractivity contribution is -0.146. The number of carbonyl (C=O) groups excluding carboxylic acids is 1. The van der Waals surface area contributed by atoms with E-state index in [-0.39, 0.29) is 12.3 Å². The fraction of sp³-hybridized carbons (Fsp3) is 0.455. The summed E-state index contributed by atoms with van der Waals surface area (Å²) in [5.74, 6) is 0.238. The van der Waals surface area contributed by atoms with E-state index in [0.29, 0.717) is 12.8 Å². The molecule has 2 saturated heterocycles. The highest BCUT2D eigenvalue weighted by molar-refractivity contribution is 5.88. The lowest BCUT2D eigenvalue weighted by atomic mass is 9.77. The van der Waals surface area contributed by atoms with Gasteiger partial charge in [-0.05, 0) is 37.5 Å². The first-order chi connectivity index (χ1) is 13.4. The SMILES string of the molecule is Cc1ccc(-c2ccccc2CN2CCC3(CC2)[C@@H](C(=O)O)CC(=O)N3C)o1. The molecule has 1 spiro atoms. The Kier molecular flexibility index (Phi) is 4.75. The van der Waals surface area contributed by atoms with Gasteiger partial charge in [0.1, 0.15) is 11.5 Å². The molecule has 28 heavy (non-hydrogen) atoms. The Hall–Kier alpha value is -2.60. The molecule has 3 heterocycles. The van der Waals surface area contributed by atoms with Crippen molar-refractivity contribution in [3.63, 3.8) is 0 Å². The smallest absolute Gasteiger partial charge is 0.309 e. The molecule has 1 atom stereocenters. The number of carboxylic acid groups (broad SMARTS) is 1. The monoisotopic (exact) mass is 382 g/mol. The van der Waals surface area contributed by atoms with Crippen LogP contribution in [-0.2, 0) is 16.1 Å². The van der Waals surface area contributed by atoms with Gasteiger partial charge in [0, 0.05) is 38.7 Å². The van der Waals surface area contributed by atoms with Crippen molar-refractivity contribution in [3.05, 3.63) is 47.7 Å². The van der Waals surface area contributed by atoms with Crippen LogP contribution in [0.4, 0.5) is 0 Å². The summed E-state index contributed by atoms with van der Waals surface area (Å²) in [6, 6.07) is 12.2. The summed E-state index contributed by atoms with van der Waals surface area (Å²) in [6.45, 7) is 4.26. The molecule has 2 aromatic rings. The topological polar surface area (TPSA) is 74.0 Å². The number of amides is 1. The summed E-state index contributed by atoms with van der Waals surface area (Å²) in [5.41, 5.74) is 1.74. The number of carbonyl (C=O) groups is 2. The van der Waals surface area contributed by atoms with Gasteiger partial charge in [-0.25, -0.2) is 0 Å². The van der Waals surface area contributed by atoms with Crippen molar-refractivity contribution in [2.45, 2.75) is 38.3 Å². The average Bonchev–Trinajstić information content (AvgIpc) is 3.21. The number of piperidine rings is 1. The Morgan fingerprint density at radius 1 is 1.21 bits per heavy atom. The van der Waals surface area contributed by atoms with Gasteiger partial charge in [0.15, 0.2) is 0 Å². The molecule has 2 fully saturated rings. The summed E-state index contributed by atoms with van der Waals surface area (Å²) in [7, 11) is 1.76. The lowest BCUT2D eigenvalue weighted by Gasteiger charge is -2.45. The first-order valence-corrected chi connectivity index (χ1v) is 9.77. The van der Waals surface area contributed by atoms with E-state index in [1.165, 1.54) is 5.56 Å². The number of hydrogen-bond acceptors (Lipinski definition) is 4. The summed E-state index contributed by atoms with van der Waals surface area (Å²) in [4.78, 5) is 28.0. The van der Waals surface area contributed by atoms with E-state index in [1.807, 2.05) is 31.2 Å². The largest absolute Gasteiger partial charge is 0.481 e. The molecule has 6 nitrogen and oxygen atoms in total. The highest BCUT2D eigenvalue weighted by atomic mass is 16.4. The molecule has 2 aliphatic heterocycles. The molecule has 4 rings (SSSR count). The summed E-state index contributed by atoms with van der Waals surface area (Å²) in [6.07, 6.45) is 1.50. The van der Waals surface area contributed by atoms with Gasteiger partial charge < -0.3 is 14.4 Å². The number of aryl methyl sites for hydroxylation is 1. The van der Waals surface area contributed by atoms with Gasteiger partial charge in [0.05, 0.1) is 11.5 Å². The van der Waals surface area contributed by atoms with Crippen LogP contribution in [0.1, 0.15) is 30.6 Å². The van der Waals surface area contributed by atoms with Gasteiger partial charge in [-0.1, -0.05) is 24.3 Å². The second-order valence-electron chi connectivity index (χ2n) is 7.99. The third-order valence-corrected chi connectivity index (χ3v) is 6.51. The minimum atomic E-state index is -0.857. The van der Waals surface area contributed by atoms with Crippen LogP contribution in [0.25, 0.3) is 11.3 Å². The van der Waals surface area contributed by atoms with Gasteiger partial charge in [0.25, 0.3) is 0 Å². The average molecular weight is 382 g/mol. The van der Waals surface area contributed by atoms with Crippen LogP contribution in [0.15, 0.2) is 40.8 Å². The number of likely N-dealkylation sites (tertiary alicyclic amines) is 2. The first kappa shape index (κ1) is 18.7. The molecule has 2 aliphatic rings. The molecule has 1 N–H and O–H groups in total. The highest BCUT2D eigenvalue weighted by Crippen LogP contribution is 2.43. The molecule has 0 aliphatic carbocycles. The molecule has 6 heteroatoms. The molecule has 0 unspecified atom stereocenters. The first-order valence-electron chi connectivity index (χ1n) is 9.77. The van der Waals surface area contributed by atoms with Crippen molar-refractivity contribution in [2.75, 3.05) is 20.1 Å². The minimum absolute atomic E-state index is 0.0561. The predicted molar refractivity (Wildman–Crippen MR) is 105 cm³/mol. The number of benzene rings is 1. The maximum Gasteiger partial charge on any atom is 0.309 e. The van der Waals surface area contributed by atoms with Gasteiger partial charge >= 0.3 is 5.97 Å². The predicted octanol–water partition coefficient (Wildman–Crippen LogP) is 3.15. The van der Waals surface area contributed by atoms with Crippen molar-refractivity contribution in [3.8, 4) is 11.3 Å². The van der Waals surface area contributed by atoms with E-state index in [4.69, 9.17) is 4.42 Å². The maximum atomic E-state index is 12.2. The maximum absolute atomic E-state index is 12.2. The summed E-state index contributed by atoms with van der Waals surface area (Å²) >= 11 is 0. The number of hydrogen-bond donors (Lipinski definition) is 1. The second-order valence-corrected chi connectivity index (χ2v) is 7.99. The van der Waals surface area contributed by atoms with Crippen molar-refractivity contribution >= 4 is 11.9 Å². The van der Waals surface area contributed by atoms with E-state index in [0.717, 1.165) is 36.7 Å². The lowest BCUT2D eigenvalue weighted by Crippen LogP contribution is -2.55. The Morgan fingerprint density at radius 2 is 1.93 bits per heavy atom. The zero-order chi connectivity index (χ0) is 19.9. The highest BCUT2D eigenvalue weighted by Gasteiger charge is 2.55. The molecule has 1 amide bonds. The minimum Gasteiger partial charge on any atom is -0.481 e. The third kappa shape index (κ3) is 3.11. The van der Waals surface area contributed by atoms with Gasteiger partial charge in [0.2, 0.25) is 5.91 Å². The standard InChI is InChI=1S/C22H26N2O4/c1-15-7-8-19(28-15)17-6-4-3-5-16(17)14-24-11-9-22(10-12-24)18(21(26)27)13-20(25)23(22)2/h3-8,18H,9-14H2,1-2H3,(H,26,27)/t18-/m1/s1. The van der Waals surface area contributed by atoms with Crippen molar-refractivity contribution < 1.29 is 19.1 Å².